The van der Waals surface area contributed by atoms with Crippen molar-refractivity contribution in [3.63, 3.8) is 0 Å². The molecule has 0 bridgehead atoms. The van der Waals surface area contributed by atoms with Gasteiger partial charge in [-0.25, -0.2) is 0 Å². The number of ketones is 1. The third kappa shape index (κ3) is 3.47. The molecule has 0 radical (unpaired) electrons. The molecule has 5 fully saturated rings. The van der Waals surface area contributed by atoms with E-state index in [1.54, 1.807) is 18.7 Å². The van der Waals surface area contributed by atoms with Crippen LogP contribution in [0.3, 0.4) is 0 Å². The lowest BCUT2D eigenvalue weighted by Crippen LogP contribution is -2.60. The first kappa shape index (κ1) is 26.6. The lowest BCUT2D eigenvalue weighted by Gasteiger charge is -2.43. The number of benzene rings is 2. The number of esters is 1. The van der Waals surface area contributed by atoms with Gasteiger partial charge in [-0.1, -0.05) is 36.4 Å². The molecule has 9 atom stereocenters. The predicted octanol–water partition coefficient (Wildman–Crippen LogP) is 3.81. The van der Waals surface area contributed by atoms with Crippen molar-refractivity contribution in [1.29, 1.82) is 0 Å². The topological polar surface area (TPSA) is 92.8 Å². The molecule has 8 rings (SSSR count). The summed E-state index contributed by atoms with van der Waals surface area (Å²) in [4.78, 5) is 31.3. The molecule has 1 spiro atoms. The summed E-state index contributed by atoms with van der Waals surface area (Å²) in [5.74, 6) is -2.05. The zero-order chi connectivity index (χ0) is 28.5. The molecule has 2 aromatic rings. The largest absolute Gasteiger partial charge is 0.466 e. The average Bonchev–Trinajstić information content (AvgIpc) is 3.69. The van der Waals surface area contributed by atoms with Gasteiger partial charge < -0.3 is 28.4 Å². The Balaban J connectivity index is 1.32. The molecule has 0 N–H and O–H groups in total. The van der Waals surface area contributed by atoms with E-state index in [0.717, 1.165) is 22.1 Å². The van der Waals surface area contributed by atoms with E-state index in [1.807, 2.05) is 64.1 Å². The Labute approximate surface area is 243 Å². The minimum Gasteiger partial charge on any atom is -0.466 e. The lowest BCUT2D eigenvalue weighted by atomic mass is 9.70. The molecule has 0 amide bonds. The molecule has 0 saturated carbocycles. The summed E-state index contributed by atoms with van der Waals surface area (Å²) >= 11 is 1.77. The van der Waals surface area contributed by atoms with Crippen LogP contribution in [0.15, 0.2) is 36.4 Å². The van der Waals surface area contributed by atoms with Crippen molar-refractivity contribution in [2.45, 2.75) is 88.5 Å². The number of nitrogens with zero attached hydrogens (tertiary/aromatic N) is 1. The minimum absolute atomic E-state index is 0.0481. The first-order valence-corrected chi connectivity index (χ1v) is 15.7. The molecule has 1 aliphatic carbocycles. The van der Waals surface area contributed by atoms with Gasteiger partial charge in [0.25, 0.3) is 0 Å². The summed E-state index contributed by atoms with van der Waals surface area (Å²) in [7, 11) is 0. The summed E-state index contributed by atoms with van der Waals surface area (Å²) in [6.07, 6.45) is -2.77. The number of Topliss-reactive ketones (excluding diaryl/α,β-unsaturated/α-hetero) is 1. The number of rotatable bonds is 3. The molecule has 41 heavy (non-hydrogen) atoms. The van der Waals surface area contributed by atoms with Gasteiger partial charge in [-0.2, -0.15) is 0 Å². The fourth-order valence-electron chi connectivity index (χ4n) is 8.51. The molecule has 5 aliphatic heterocycles. The van der Waals surface area contributed by atoms with E-state index in [-0.39, 0.29) is 24.4 Å². The Morgan fingerprint density at radius 2 is 1.66 bits per heavy atom. The zero-order valence-corrected chi connectivity index (χ0v) is 24.6. The average molecular weight is 582 g/mol. The molecule has 4 unspecified atom stereocenters. The smallest absolute Gasteiger partial charge is 0.312 e. The maximum absolute atomic E-state index is 14.8. The van der Waals surface area contributed by atoms with Gasteiger partial charge in [0, 0.05) is 29.2 Å². The predicted molar refractivity (Wildman–Crippen MR) is 149 cm³/mol. The van der Waals surface area contributed by atoms with Crippen molar-refractivity contribution in [3.8, 4) is 0 Å². The van der Waals surface area contributed by atoms with Gasteiger partial charge in [-0.3, -0.25) is 14.5 Å². The number of ether oxygens (including phenoxy) is 6. The third-order valence-corrected chi connectivity index (χ3v) is 10.7. The second kappa shape index (κ2) is 8.75. The second-order valence-corrected chi connectivity index (χ2v) is 13.8. The Morgan fingerprint density at radius 3 is 2.41 bits per heavy atom. The molecule has 5 saturated heterocycles. The highest BCUT2D eigenvalue weighted by atomic mass is 32.2. The lowest BCUT2D eigenvalue weighted by molar-refractivity contribution is -0.249. The van der Waals surface area contributed by atoms with Crippen molar-refractivity contribution >= 4 is 34.3 Å². The molecule has 2 aromatic carbocycles. The Morgan fingerprint density at radius 1 is 0.976 bits per heavy atom. The van der Waals surface area contributed by atoms with Gasteiger partial charge >= 0.3 is 5.97 Å². The van der Waals surface area contributed by atoms with E-state index in [9.17, 15) is 9.59 Å². The Kier molecular flexibility index (Phi) is 5.67. The van der Waals surface area contributed by atoms with E-state index >= 15 is 0 Å². The maximum atomic E-state index is 14.8. The van der Waals surface area contributed by atoms with E-state index in [0.29, 0.717) is 11.4 Å². The number of fused-ring (bicyclic) bond motifs is 6. The molecular weight excluding hydrogens is 546 g/mol. The molecule has 10 heteroatoms. The highest BCUT2D eigenvalue weighted by molar-refractivity contribution is 7.99. The fourth-order valence-corrected chi connectivity index (χ4v) is 9.85. The van der Waals surface area contributed by atoms with Gasteiger partial charge in [-0.05, 0) is 51.0 Å². The van der Waals surface area contributed by atoms with Crippen LogP contribution in [0.5, 0.6) is 0 Å². The van der Waals surface area contributed by atoms with Gasteiger partial charge in [-0.15, -0.1) is 11.8 Å². The first-order valence-electron chi connectivity index (χ1n) is 14.5. The van der Waals surface area contributed by atoms with Crippen LogP contribution in [0.4, 0.5) is 0 Å². The zero-order valence-electron chi connectivity index (χ0n) is 23.8. The maximum Gasteiger partial charge on any atom is 0.312 e. The highest BCUT2D eigenvalue weighted by Crippen LogP contribution is 2.62. The standard InChI is InChI=1S/C31H35NO8S/c1-6-35-27(34)21-20(22-23-24(38-29(2,3)37-23)25-28(36-22)40-30(4,5)39-25)18-13-41-14-32(18)31(21)17-12-8-10-15-9-7-11-16(19(15)17)26(31)33/h7-12,18,20-25,28H,6,13-14H2,1-5H3/t18?,20-,21-,22?,23-,24?,25?,28+,31+/m0/s1. The van der Waals surface area contributed by atoms with Crippen molar-refractivity contribution in [1.82, 2.24) is 4.90 Å². The highest BCUT2D eigenvalue weighted by Gasteiger charge is 2.74. The molecule has 9 nitrogen and oxygen atoms in total. The van der Waals surface area contributed by atoms with Crippen LogP contribution in [-0.4, -0.2) is 83.2 Å². The van der Waals surface area contributed by atoms with Gasteiger partial charge in [0.2, 0.25) is 0 Å². The monoisotopic (exact) mass is 581 g/mol. The molecule has 6 aliphatic rings. The van der Waals surface area contributed by atoms with Crippen molar-refractivity contribution < 1.29 is 38.0 Å². The fraction of sp³-hybridized carbons (Fsp3) is 0.613. The molecular formula is C31H35NO8S. The number of carbonyl (C=O) groups excluding carboxylic acids is 2. The second-order valence-electron chi connectivity index (χ2n) is 12.8. The van der Waals surface area contributed by atoms with E-state index in [4.69, 9.17) is 28.4 Å². The Hall–Kier alpha value is -2.05. The summed E-state index contributed by atoms with van der Waals surface area (Å²) in [5.41, 5.74) is 0.326. The van der Waals surface area contributed by atoms with E-state index < -0.39 is 59.7 Å². The Bertz CT molecular complexity index is 1460. The van der Waals surface area contributed by atoms with Crippen LogP contribution in [0.1, 0.15) is 50.5 Å². The quantitative estimate of drug-likeness (QED) is 0.499. The van der Waals surface area contributed by atoms with Crippen LogP contribution < -0.4 is 0 Å². The number of hydrogen-bond donors (Lipinski definition) is 0. The van der Waals surface area contributed by atoms with Crippen molar-refractivity contribution in [3.05, 3.63) is 47.5 Å². The summed E-state index contributed by atoms with van der Waals surface area (Å²) in [6, 6.07) is 11.7. The van der Waals surface area contributed by atoms with E-state index in [1.165, 1.54) is 0 Å². The first-order chi connectivity index (χ1) is 19.6. The molecule has 5 heterocycles. The van der Waals surface area contributed by atoms with Crippen LogP contribution in [0.25, 0.3) is 10.8 Å². The van der Waals surface area contributed by atoms with Crippen LogP contribution in [0.2, 0.25) is 0 Å². The number of thioether (sulfide) groups is 1. The van der Waals surface area contributed by atoms with Crippen molar-refractivity contribution in [2.24, 2.45) is 11.8 Å². The van der Waals surface area contributed by atoms with Crippen LogP contribution in [0, 0.1) is 11.8 Å². The third-order valence-electron chi connectivity index (χ3n) is 9.67. The number of hydrogen-bond acceptors (Lipinski definition) is 10. The summed E-state index contributed by atoms with van der Waals surface area (Å²) < 4.78 is 38.0. The number of carbonyl (C=O) groups is 2. The summed E-state index contributed by atoms with van der Waals surface area (Å²) in [5, 5.41) is 1.91. The van der Waals surface area contributed by atoms with Crippen LogP contribution >= 0.6 is 11.8 Å². The molecule has 218 valence electrons. The minimum atomic E-state index is -1.20. The van der Waals surface area contributed by atoms with E-state index in [2.05, 4.69) is 4.90 Å². The molecule has 0 aromatic heterocycles. The van der Waals surface area contributed by atoms with Crippen molar-refractivity contribution in [2.75, 3.05) is 18.2 Å². The SMILES string of the molecule is CCOC(=O)[C@@H]1[C@@H](C2O[C@@H]3OC(C)(C)OC3C3OC(C)(C)O[C@H]32)C2CSCN2[C@@]12C(=O)c1cccc3cccc2c13. The normalized spacial score (nSPS) is 41.6. The summed E-state index contributed by atoms with van der Waals surface area (Å²) in [6.45, 7) is 9.49. The van der Waals surface area contributed by atoms with Crippen LogP contribution in [-0.2, 0) is 38.8 Å². The van der Waals surface area contributed by atoms with Gasteiger partial charge in [0.05, 0.1) is 18.6 Å². The van der Waals surface area contributed by atoms with Gasteiger partial charge in [0.1, 0.15) is 23.9 Å². The van der Waals surface area contributed by atoms with Gasteiger partial charge in [0.15, 0.2) is 23.6 Å².